The summed E-state index contributed by atoms with van der Waals surface area (Å²) in [7, 11) is 0. The molecule has 0 aromatic carbocycles. The molecule has 0 amide bonds. The third-order valence-electron chi connectivity index (χ3n) is 3.85. The van der Waals surface area contributed by atoms with Gasteiger partial charge in [0.15, 0.2) is 0 Å². The van der Waals surface area contributed by atoms with Gasteiger partial charge in [0.05, 0.1) is 6.10 Å². The monoisotopic (exact) mass is 270 g/mol. The van der Waals surface area contributed by atoms with Crippen LogP contribution in [0, 0.1) is 5.41 Å². The summed E-state index contributed by atoms with van der Waals surface area (Å²) < 4.78 is 0. The highest BCUT2D eigenvalue weighted by atomic mass is 16.3. The molecule has 3 atom stereocenters. The van der Waals surface area contributed by atoms with Crippen molar-refractivity contribution in [3.05, 3.63) is 0 Å². The van der Waals surface area contributed by atoms with Crippen molar-refractivity contribution in [1.82, 2.24) is 10.6 Å². The number of hydrogen-bond donors (Lipinski definition) is 3. The normalized spacial score (nSPS) is 24.8. The van der Waals surface area contributed by atoms with Gasteiger partial charge in [-0.2, -0.15) is 0 Å². The molecule has 1 saturated heterocycles. The van der Waals surface area contributed by atoms with Crippen LogP contribution < -0.4 is 10.6 Å². The molecule has 3 N–H and O–H groups in total. The molecular formula is C16H34N2O. The molecule has 3 nitrogen and oxygen atoms in total. The second kappa shape index (κ2) is 8.23. The van der Waals surface area contributed by atoms with Crippen molar-refractivity contribution in [3.8, 4) is 0 Å². The Balaban J connectivity index is 2.17. The van der Waals surface area contributed by atoms with Crippen molar-refractivity contribution in [2.75, 3.05) is 13.1 Å². The van der Waals surface area contributed by atoms with Crippen LogP contribution in [0.15, 0.2) is 0 Å². The molecule has 0 aromatic heterocycles. The lowest BCUT2D eigenvalue weighted by atomic mass is 9.89. The lowest BCUT2D eigenvalue weighted by Crippen LogP contribution is -2.40. The second-order valence-corrected chi connectivity index (χ2v) is 7.46. The summed E-state index contributed by atoms with van der Waals surface area (Å²) in [5, 5.41) is 17.1. The van der Waals surface area contributed by atoms with Crippen LogP contribution in [0.2, 0.25) is 0 Å². The van der Waals surface area contributed by atoms with Gasteiger partial charge in [-0.15, -0.1) is 0 Å². The van der Waals surface area contributed by atoms with Gasteiger partial charge in [0.25, 0.3) is 0 Å². The predicted molar refractivity (Wildman–Crippen MR) is 82.4 cm³/mol. The van der Waals surface area contributed by atoms with E-state index in [-0.39, 0.29) is 11.5 Å². The van der Waals surface area contributed by atoms with E-state index in [2.05, 4.69) is 38.3 Å². The van der Waals surface area contributed by atoms with Crippen molar-refractivity contribution in [3.63, 3.8) is 0 Å². The summed E-state index contributed by atoms with van der Waals surface area (Å²) in [6.45, 7) is 10.6. The fraction of sp³-hybridized carbons (Fsp3) is 1.00. The van der Waals surface area contributed by atoms with Crippen LogP contribution in [-0.2, 0) is 0 Å². The highest BCUT2D eigenvalue weighted by molar-refractivity contribution is 4.77. The molecule has 3 heteroatoms. The zero-order chi connectivity index (χ0) is 14.3. The third kappa shape index (κ3) is 8.61. The summed E-state index contributed by atoms with van der Waals surface area (Å²) in [4.78, 5) is 0. The summed E-state index contributed by atoms with van der Waals surface area (Å²) in [6, 6.07) is 1.13. The molecule has 0 saturated carbocycles. The first-order valence-electron chi connectivity index (χ1n) is 8.01. The van der Waals surface area contributed by atoms with Gasteiger partial charge in [-0.05, 0) is 44.6 Å². The smallest absolute Gasteiger partial charge is 0.0669 e. The molecule has 1 fully saturated rings. The van der Waals surface area contributed by atoms with Crippen LogP contribution in [0.25, 0.3) is 0 Å². The summed E-state index contributed by atoms with van der Waals surface area (Å²) in [5.74, 6) is 0. The molecule has 0 radical (unpaired) electrons. The number of rotatable bonds is 6. The van der Waals surface area contributed by atoms with Gasteiger partial charge in [-0.1, -0.05) is 33.6 Å². The Hall–Kier alpha value is -0.120. The van der Waals surface area contributed by atoms with E-state index >= 15 is 0 Å². The summed E-state index contributed by atoms with van der Waals surface area (Å²) in [6.07, 6.45) is 7.15. The molecule has 1 aliphatic rings. The first kappa shape index (κ1) is 16.9. The Bertz CT molecular complexity index is 229. The summed E-state index contributed by atoms with van der Waals surface area (Å²) >= 11 is 0. The minimum absolute atomic E-state index is 0.202. The van der Waals surface area contributed by atoms with E-state index < -0.39 is 0 Å². The lowest BCUT2D eigenvalue weighted by Gasteiger charge is -2.25. The topological polar surface area (TPSA) is 44.3 Å². The highest BCUT2D eigenvalue weighted by Gasteiger charge is 2.18. The van der Waals surface area contributed by atoms with E-state index in [0.29, 0.717) is 18.6 Å². The molecule has 114 valence electrons. The molecule has 19 heavy (non-hydrogen) atoms. The Morgan fingerprint density at radius 2 is 2.00 bits per heavy atom. The van der Waals surface area contributed by atoms with Gasteiger partial charge in [-0.3, -0.25) is 0 Å². The second-order valence-electron chi connectivity index (χ2n) is 7.46. The van der Waals surface area contributed by atoms with Gasteiger partial charge in [-0.25, -0.2) is 0 Å². The Labute approximate surface area is 119 Å². The highest BCUT2D eigenvalue weighted by Crippen LogP contribution is 2.20. The minimum Gasteiger partial charge on any atom is -0.392 e. The molecule has 1 rings (SSSR count). The van der Waals surface area contributed by atoms with E-state index in [1.165, 1.54) is 38.6 Å². The standard InChI is InChI=1S/C16H34N2O/c1-13(10-14-8-6-5-7-9-17-14)18-12-15(19)11-16(2,3)4/h13-15,17-19H,5-12H2,1-4H3. The zero-order valence-electron chi connectivity index (χ0n) is 13.3. The van der Waals surface area contributed by atoms with Gasteiger partial charge in [0.2, 0.25) is 0 Å². The fourth-order valence-electron chi connectivity index (χ4n) is 2.93. The molecule has 1 heterocycles. The summed E-state index contributed by atoms with van der Waals surface area (Å²) in [5.41, 5.74) is 0.202. The van der Waals surface area contributed by atoms with Crippen LogP contribution in [0.3, 0.4) is 0 Å². The van der Waals surface area contributed by atoms with Gasteiger partial charge < -0.3 is 15.7 Å². The maximum Gasteiger partial charge on any atom is 0.0669 e. The van der Waals surface area contributed by atoms with Crippen LogP contribution in [0.4, 0.5) is 0 Å². The molecular weight excluding hydrogens is 236 g/mol. The van der Waals surface area contributed by atoms with Gasteiger partial charge in [0.1, 0.15) is 0 Å². The van der Waals surface area contributed by atoms with E-state index in [1.807, 2.05) is 0 Å². The van der Waals surface area contributed by atoms with E-state index in [0.717, 1.165) is 6.42 Å². The third-order valence-corrected chi connectivity index (χ3v) is 3.85. The van der Waals surface area contributed by atoms with Gasteiger partial charge in [0, 0.05) is 18.6 Å². The van der Waals surface area contributed by atoms with Crippen LogP contribution >= 0.6 is 0 Å². The first-order chi connectivity index (χ1) is 8.87. The van der Waals surface area contributed by atoms with Crippen LogP contribution in [0.1, 0.15) is 66.2 Å². The largest absolute Gasteiger partial charge is 0.392 e. The Morgan fingerprint density at radius 3 is 2.68 bits per heavy atom. The van der Waals surface area contributed by atoms with Crippen molar-refractivity contribution in [2.45, 2.75) is 84.4 Å². The number of aliphatic hydroxyl groups excluding tert-OH is 1. The van der Waals surface area contributed by atoms with Crippen molar-refractivity contribution >= 4 is 0 Å². The Kier molecular flexibility index (Phi) is 7.33. The lowest BCUT2D eigenvalue weighted by molar-refractivity contribution is 0.116. The average molecular weight is 270 g/mol. The Morgan fingerprint density at radius 1 is 1.26 bits per heavy atom. The maximum absolute atomic E-state index is 10.0. The zero-order valence-corrected chi connectivity index (χ0v) is 13.3. The molecule has 0 aromatic rings. The molecule has 0 bridgehead atoms. The van der Waals surface area contributed by atoms with Crippen molar-refractivity contribution < 1.29 is 5.11 Å². The SMILES string of the molecule is CC(CC1CCCCCN1)NCC(O)CC(C)(C)C. The average Bonchev–Trinajstić information content (AvgIpc) is 2.53. The first-order valence-corrected chi connectivity index (χ1v) is 8.01. The molecule has 0 spiro atoms. The predicted octanol–water partition coefficient (Wildman–Crippen LogP) is 2.68. The van der Waals surface area contributed by atoms with E-state index in [1.54, 1.807) is 0 Å². The quantitative estimate of drug-likeness (QED) is 0.695. The fourth-order valence-corrected chi connectivity index (χ4v) is 2.93. The number of aliphatic hydroxyl groups is 1. The van der Waals surface area contributed by atoms with Crippen molar-refractivity contribution in [2.24, 2.45) is 5.41 Å². The number of nitrogens with one attached hydrogen (secondary N) is 2. The molecule has 0 aliphatic carbocycles. The van der Waals surface area contributed by atoms with Crippen LogP contribution in [0.5, 0.6) is 0 Å². The molecule has 3 unspecified atom stereocenters. The molecule has 1 aliphatic heterocycles. The van der Waals surface area contributed by atoms with Gasteiger partial charge >= 0.3 is 0 Å². The maximum atomic E-state index is 10.0. The number of hydrogen-bond acceptors (Lipinski definition) is 3. The van der Waals surface area contributed by atoms with E-state index in [4.69, 9.17) is 0 Å². The van der Waals surface area contributed by atoms with Crippen LogP contribution in [-0.4, -0.2) is 36.4 Å². The van der Waals surface area contributed by atoms with Crippen molar-refractivity contribution in [1.29, 1.82) is 0 Å². The minimum atomic E-state index is -0.232. The van der Waals surface area contributed by atoms with E-state index in [9.17, 15) is 5.11 Å².